The highest BCUT2D eigenvalue weighted by Crippen LogP contribution is 2.31. The molecule has 1 heterocycles. The molecule has 2 aromatic carbocycles. The van der Waals surface area contributed by atoms with Gasteiger partial charge in [-0.1, -0.05) is 36.4 Å². The fraction of sp³-hybridized carbons (Fsp3) is 0.318. The van der Waals surface area contributed by atoms with Gasteiger partial charge in [0, 0.05) is 13.1 Å². The summed E-state index contributed by atoms with van der Waals surface area (Å²) in [5.41, 5.74) is 5.46. The summed E-state index contributed by atoms with van der Waals surface area (Å²) in [7, 11) is -3.77. The molecule has 1 N–H and O–H groups in total. The minimum absolute atomic E-state index is 0.197. The van der Waals surface area contributed by atoms with Crippen LogP contribution < -0.4 is 4.74 Å². The van der Waals surface area contributed by atoms with Gasteiger partial charge in [-0.2, -0.15) is 4.31 Å². The Bertz CT molecular complexity index is 1040. The number of hydrogen-bond donors (Lipinski definition) is 1. The first-order valence-corrected chi connectivity index (χ1v) is 11.1. The van der Waals surface area contributed by atoms with Crippen molar-refractivity contribution in [2.45, 2.75) is 20.3 Å². The fourth-order valence-electron chi connectivity index (χ4n) is 3.52. The number of carbonyl (C=O) groups is 1. The van der Waals surface area contributed by atoms with Gasteiger partial charge in [0.05, 0.1) is 6.61 Å². The summed E-state index contributed by atoms with van der Waals surface area (Å²) >= 11 is 0. The fourth-order valence-corrected chi connectivity index (χ4v) is 4.69. The van der Waals surface area contributed by atoms with E-state index in [1.807, 2.05) is 37.3 Å². The Hall–Kier alpha value is -2.64. The molecule has 0 spiro atoms. The third-order valence-corrected chi connectivity index (χ3v) is 6.65. The van der Waals surface area contributed by atoms with E-state index < -0.39 is 21.7 Å². The maximum absolute atomic E-state index is 12.1. The lowest BCUT2D eigenvalue weighted by Gasteiger charge is -2.25. The van der Waals surface area contributed by atoms with Gasteiger partial charge in [-0.3, -0.25) is 4.79 Å². The van der Waals surface area contributed by atoms with Gasteiger partial charge in [0.25, 0.3) is 0 Å². The van der Waals surface area contributed by atoms with E-state index in [9.17, 15) is 13.2 Å². The number of sulfonamides is 1. The second-order valence-corrected chi connectivity index (χ2v) is 8.95. The smallest absolute Gasteiger partial charge is 0.320 e. The first kappa shape index (κ1) is 21.1. The maximum atomic E-state index is 12.1. The second kappa shape index (κ2) is 8.80. The Balaban J connectivity index is 1.79. The molecule has 29 heavy (non-hydrogen) atoms. The van der Waals surface area contributed by atoms with Gasteiger partial charge in [0.15, 0.2) is 5.75 Å². The predicted octanol–water partition coefficient (Wildman–Crippen LogP) is 3.56. The van der Waals surface area contributed by atoms with E-state index in [0.717, 1.165) is 33.6 Å². The topological polar surface area (TPSA) is 83.9 Å². The lowest BCUT2D eigenvalue weighted by molar-refractivity contribution is -0.134. The van der Waals surface area contributed by atoms with Crippen LogP contribution in [0.3, 0.4) is 0 Å². The number of hydrogen-bond acceptors (Lipinski definition) is 4. The minimum Gasteiger partial charge on any atom is -0.494 e. The molecule has 3 rings (SSSR count). The summed E-state index contributed by atoms with van der Waals surface area (Å²) < 4.78 is 31.0. The third-order valence-electron chi connectivity index (χ3n) is 4.92. The summed E-state index contributed by atoms with van der Waals surface area (Å²) in [5.74, 6) is -1.37. The molecule has 0 bridgehead atoms. The second-order valence-electron chi connectivity index (χ2n) is 6.98. The zero-order chi connectivity index (χ0) is 21.0. The third kappa shape index (κ3) is 5.05. The van der Waals surface area contributed by atoms with Crippen LogP contribution in [0.2, 0.25) is 0 Å². The number of carboxylic acid groups (broad SMARTS) is 1. The van der Waals surface area contributed by atoms with E-state index in [0.29, 0.717) is 19.6 Å². The van der Waals surface area contributed by atoms with Crippen LogP contribution in [-0.2, 0) is 14.8 Å². The average Bonchev–Trinajstić information content (AvgIpc) is 2.67. The molecule has 154 valence electrons. The molecule has 0 saturated carbocycles. The highest BCUT2D eigenvalue weighted by molar-refractivity contribution is 7.89. The Morgan fingerprint density at radius 2 is 1.97 bits per heavy atom. The van der Waals surface area contributed by atoms with Crippen molar-refractivity contribution in [1.82, 2.24) is 4.31 Å². The van der Waals surface area contributed by atoms with Crippen LogP contribution in [0.4, 0.5) is 0 Å². The van der Waals surface area contributed by atoms with E-state index in [1.165, 1.54) is 4.31 Å². The standard InChI is InChI=1S/C22H25NO5S/c1-3-28-20-6-4-5-19(14-20)21-8-7-18(13-16(21)2)17-9-11-23(12-10-17)29(26,27)15-22(24)25/h4-9,13-14H,3,10-12,15H2,1-2H3,(H,24,25). The molecule has 6 nitrogen and oxygen atoms in total. The summed E-state index contributed by atoms with van der Waals surface area (Å²) in [6, 6.07) is 14.2. The Kier molecular flexibility index (Phi) is 6.39. The summed E-state index contributed by atoms with van der Waals surface area (Å²) in [6.07, 6.45) is 2.42. The Morgan fingerprint density at radius 3 is 2.59 bits per heavy atom. The predicted molar refractivity (Wildman–Crippen MR) is 113 cm³/mol. The average molecular weight is 416 g/mol. The SMILES string of the molecule is CCOc1cccc(-c2ccc(C3=CCN(S(=O)(=O)CC(=O)O)CC3)cc2C)c1. The van der Waals surface area contributed by atoms with Crippen molar-refractivity contribution in [3.8, 4) is 16.9 Å². The molecule has 0 fully saturated rings. The van der Waals surface area contributed by atoms with Crippen LogP contribution in [0.25, 0.3) is 16.7 Å². The molecule has 0 aliphatic carbocycles. The van der Waals surface area contributed by atoms with E-state index in [-0.39, 0.29) is 6.54 Å². The normalized spacial score (nSPS) is 15.0. The van der Waals surface area contributed by atoms with Crippen LogP contribution in [0.5, 0.6) is 5.75 Å². The van der Waals surface area contributed by atoms with Gasteiger partial charge < -0.3 is 9.84 Å². The van der Waals surface area contributed by atoms with Crippen molar-refractivity contribution >= 4 is 21.6 Å². The number of ether oxygens (including phenoxy) is 1. The van der Waals surface area contributed by atoms with Crippen LogP contribution >= 0.6 is 0 Å². The molecule has 2 aromatic rings. The van der Waals surface area contributed by atoms with Crippen LogP contribution in [-0.4, -0.2) is 49.2 Å². The summed E-state index contributed by atoms with van der Waals surface area (Å²) in [5, 5.41) is 8.78. The lowest BCUT2D eigenvalue weighted by atomic mass is 9.93. The molecule has 0 aromatic heterocycles. The molecule has 0 atom stereocenters. The van der Waals surface area contributed by atoms with Gasteiger partial charge in [0.1, 0.15) is 5.75 Å². The van der Waals surface area contributed by atoms with Gasteiger partial charge in [-0.25, -0.2) is 8.42 Å². The number of aliphatic carboxylic acids is 1. The van der Waals surface area contributed by atoms with Crippen molar-refractivity contribution in [2.24, 2.45) is 0 Å². The quantitative estimate of drug-likeness (QED) is 0.747. The van der Waals surface area contributed by atoms with Gasteiger partial charge >= 0.3 is 5.97 Å². The first-order chi connectivity index (χ1) is 13.8. The van der Waals surface area contributed by atoms with Crippen molar-refractivity contribution in [1.29, 1.82) is 0 Å². The molecular formula is C22H25NO5S. The first-order valence-electron chi connectivity index (χ1n) is 9.53. The van der Waals surface area contributed by atoms with Gasteiger partial charge in [-0.15, -0.1) is 0 Å². The van der Waals surface area contributed by atoms with E-state index in [2.05, 4.69) is 25.1 Å². The van der Waals surface area contributed by atoms with Crippen LogP contribution in [0.1, 0.15) is 24.5 Å². The summed E-state index contributed by atoms with van der Waals surface area (Å²) in [6.45, 7) is 5.12. The lowest BCUT2D eigenvalue weighted by Crippen LogP contribution is -2.38. The maximum Gasteiger partial charge on any atom is 0.320 e. The van der Waals surface area contributed by atoms with E-state index in [1.54, 1.807) is 0 Å². The number of rotatable bonds is 7. The van der Waals surface area contributed by atoms with Crippen molar-refractivity contribution in [3.63, 3.8) is 0 Å². The van der Waals surface area contributed by atoms with Crippen LogP contribution in [0, 0.1) is 6.92 Å². The highest BCUT2D eigenvalue weighted by atomic mass is 32.2. The number of carboxylic acids is 1. The van der Waals surface area contributed by atoms with Gasteiger partial charge in [0.2, 0.25) is 10.0 Å². The highest BCUT2D eigenvalue weighted by Gasteiger charge is 2.26. The van der Waals surface area contributed by atoms with Crippen LogP contribution in [0.15, 0.2) is 48.5 Å². The van der Waals surface area contributed by atoms with Crippen molar-refractivity contribution in [2.75, 3.05) is 25.4 Å². The molecule has 0 amide bonds. The zero-order valence-electron chi connectivity index (χ0n) is 16.6. The van der Waals surface area contributed by atoms with Crippen molar-refractivity contribution < 1.29 is 23.1 Å². The van der Waals surface area contributed by atoms with E-state index in [4.69, 9.17) is 9.84 Å². The van der Waals surface area contributed by atoms with Gasteiger partial charge in [-0.05, 0) is 60.2 Å². The molecule has 0 unspecified atom stereocenters. The van der Waals surface area contributed by atoms with E-state index >= 15 is 0 Å². The number of benzene rings is 2. The molecule has 1 aliphatic rings. The molecule has 1 aliphatic heterocycles. The Labute approximate surface area is 171 Å². The zero-order valence-corrected chi connectivity index (χ0v) is 17.4. The number of nitrogens with zero attached hydrogens (tertiary/aromatic N) is 1. The molecule has 7 heteroatoms. The minimum atomic E-state index is -3.77. The monoisotopic (exact) mass is 415 g/mol. The largest absolute Gasteiger partial charge is 0.494 e. The molecule has 0 radical (unpaired) electrons. The Morgan fingerprint density at radius 1 is 1.17 bits per heavy atom. The molecule has 0 saturated heterocycles. The molecular weight excluding hydrogens is 390 g/mol. The van der Waals surface area contributed by atoms with Crippen molar-refractivity contribution in [3.05, 3.63) is 59.7 Å². The summed E-state index contributed by atoms with van der Waals surface area (Å²) in [4.78, 5) is 10.8. The number of aryl methyl sites for hydroxylation is 1.